The van der Waals surface area contributed by atoms with Gasteiger partial charge < -0.3 is 4.90 Å². The maximum atomic E-state index is 2.57. The van der Waals surface area contributed by atoms with Crippen molar-refractivity contribution in [1.29, 1.82) is 0 Å². The normalized spacial score (nSPS) is 28.0. The quantitative estimate of drug-likeness (QED) is 0.845. The maximum absolute atomic E-state index is 2.57. The Morgan fingerprint density at radius 2 is 1.55 bits per heavy atom. The van der Waals surface area contributed by atoms with Gasteiger partial charge in [0.05, 0.1) is 19.6 Å². The number of quaternary nitrogens is 1. The molecule has 2 aliphatic rings. The smallest absolute Gasteiger partial charge is 0.133 e. The molecule has 1 unspecified atom stereocenters. The molecule has 22 heavy (non-hydrogen) atoms. The fraction of sp³-hybridized carbons (Fsp3) is 0.400. The van der Waals surface area contributed by atoms with Crippen LogP contribution in [-0.2, 0) is 12.8 Å². The first-order chi connectivity index (χ1) is 10.8. The van der Waals surface area contributed by atoms with E-state index in [-0.39, 0.29) is 0 Å². The van der Waals surface area contributed by atoms with E-state index in [0.29, 0.717) is 12.1 Å². The second-order valence-electron chi connectivity index (χ2n) is 6.90. The van der Waals surface area contributed by atoms with Crippen molar-refractivity contribution in [2.24, 2.45) is 0 Å². The molecule has 4 rings (SSSR count). The number of nitrogens with one attached hydrogen (secondary N) is 1. The number of rotatable bonds is 1. The van der Waals surface area contributed by atoms with E-state index in [9.17, 15) is 0 Å². The van der Waals surface area contributed by atoms with E-state index < -0.39 is 0 Å². The zero-order valence-electron chi connectivity index (χ0n) is 13.5. The molecule has 2 heterocycles. The van der Waals surface area contributed by atoms with Crippen LogP contribution in [-0.4, -0.2) is 32.1 Å². The summed E-state index contributed by atoms with van der Waals surface area (Å²) in [4.78, 5) is 4.21. The Balaban J connectivity index is 1.84. The minimum absolute atomic E-state index is 0.492. The Morgan fingerprint density at radius 3 is 2.32 bits per heavy atom. The summed E-state index contributed by atoms with van der Waals surface area (Å²) in [5.74, 6) is 0. The Bertz CT molecular complexity index is 619. The predicted molar refractivity (Wildman–Crippen MR) is 90.2 cm³/mol. The molecule has 0 aliphatic carbocycles. The first-order valence-electron chi connectivity index (χ1n) is 8.44. The van der Waals surface area contributed by atoms with Gasteiger partial charge in [-0.2, -0.15) is 0 Å². The lowest BCUT2D eigenvalue weighted by Gasteiger charge is -2.43. The second kappa shape index (κ2) is 5.53. The van der Waals surface area contributed by atoms with Gasteiger partial charge in [0.15, 0.2) is 0 Å². The predicted octanol–water partition coefficient (Wildman–Crippen LogP) is 2.03. The third-order valence-electron chi connectivity index (χ3n) is 5.61. The molecule has 0 aromatic heterocycles. The van der Waals surface area contributed by atoms with Crippen LogP contribution in [0.2, 0.25) is 0 Å². The molecule has 3 atom stereocenters. The lowest BCUT2D eigenvalue weighted by atomic mass is 9.81. The van der Waals surface area contributed by atoms with Crippen LogP contribution in [0, 0.1) is 0 Å². The highest BCUT2D eigenvalue weighted by molar-refractivity contribution is 5.38. The summed E-state index contributed by atoms with van der Waals surface area (Å²) in [5, 5.41) is 0. The largest absolute Gasteiger partial charge is 0.329 e. The zero-order valence-corrected chi connectivity index (χ0v) is 13.5. The van der Waals surface area contributed by atoms with Gasteiger partial charge in [0.2, 0.25) is 0 Å². The van der Waals surface area contributed by atoms with Gasteiger partial charge in [-0.05, 0) is 30.2 Å². The molecule has 2 aromatic rings. The minimum atomic E-state index is 0.492. The third-order valence-corrected chi connectivity index (χ3v) is 5.61. The molecule has 0 radical (unpaired) electrons. The number of fused-ring (bicyclic) bond motifs is 2. The van der Waals surface area contributed by atoms with E-state index in [1.54, 1.807) is 21.6 Å². The molecule has 0 saturated carbocycles. The van der Waals surface area contributed by atoms with E-state index >= 15 is 0 Å². The highest BCUT2D eigenvalue weighted by atomic mass is 15.2. The maximum Gasteiger partial charge on any atom is 0.133 e. The van der Waals surface area contributed by atoms with Crippen LogP contribution in [0.3, 0.4) is 0 Å². The summed E-state index contributed by atoms with van der Waals surface area (Å²) in [7, 11) is 4.66. The minimum Gasteiger partial charge on any atom is -0.329 e. The van der Waals surface area contributed by atoms with Crippen molar-refractivity contribution in [2.45, 2.75) is 24.9 Å². The molecule has 2 nitrogen and oxygen atoms in total. The molecule has 114 valence electrons. The molecular weight excluding hydrogens is 268 g/mol. The van der Waals surface area contributed by atoms with Gasteiger partial charge in [0.25, 0.3) is 0 Å². The molecule has 0 amide bonds. The number of nitrogens with zero attached hydrogens (tertiary/aromatic N) is 1. The average molecular weight is 293 g/mol. The summed E-state index contributed by atoms with van der Waals surface area (Å²) in [5.41, 5.74) is 6.19. The Morgan fingerprint density at radius 1 is 0.909 bits per heavy atom. The molecule has 0 saturated heterocycles. The molecule has 0 spiro atoms. The molecule has 2 heteroatoms. The van der Waals surface area contributed by atoms with Crippen molar-refractivity contribution in [3.63, 3.8) is 0 Å². The summed E-state index contributed by atoms with van der Waals surface area (Å²) in [6, 6.07) is 19.2. The van der Waals surface area contributed by atoms with E-state index in [1.165, 1.54) is 24.9 Å². The van der Waals surface area contributed by atoms with Crippen molar-refractivity contribution in [3.05, 3.63) is 70.8 Å². The fourth-order valence-electron chi connectivity index (χ4n) is 4.42. The van der Waals surface area contributed by atoms with Gasteiger partial charge >= 0.3 is 0 Å². The summed E-state index contributed by atoms with van der Waals surface area (Å²) < 4.78 is 0. The molecule has 0 fully saturated rings. The Hall–Kier alpha value is -1.64. The van der Waals surface area contributed by atoms with Crippen LogP contribution in [0.25, 0.3) is 0 Å². The molecule has 2 aromatic carbocycles. The lowest BCUT2D eigenvalue weighted by molar-refractivity contribution is -0.918. The van der Waals surface area contributed by atoms with Gasteiger partial charge in [-0.15, -0.1) is 0 Å². The van der Waals surface area contributed by atoms with Crippen LogP contribution in [0.5, 0.6) is 0 Å². The van der Waals surface area contributed by atoms with Crippen LogP contribution >= 0.6 is 0 Å². The monoisotopic (exact) mass is 293 g/mol. The zero-order chi connectivity index (χ0) is 15.1. The fourth-order valence-corrected chi connectivity index (χ4v) is 4.42. The van der Waals surface area contributed by atoms with Gasteiger partial charge in [-0.3, -0.25) is 4.90 Å². The first-order valence-corrected chi connectivity index (χ1v) is 8.44. The number of hydrogen-bond acceptors (Lipinski definition) is 1. The second-order valence-corrected chi connectivity index (χ2v) is 6.90. The van der Waals surface area contributed by atoms with E-state index in [1.807, 2.05) is 0 Å². The SMILES string of the molecule is CN1CCc2ccccc2[C@@H]1[C@H]1c2ccccc2CC[NH+]1C. The van der Waals surface area contributed by atoms with Gasteiger partial charge in [-0.1, -0.05) is 48.5 Å². The van der Waals surface area contributed by atoms with E-state index in [4.69, 9.17) is 0 Å². The highest BCUT2D eigenvalue weighted by Crippen LogP contribution is 2.38. The molecule has 1 N–H and O–H groups in total. The van der Waals surface area contributed by atoms with Crippen molar-refractivity contribution in [3.8, 4) is 0 Å². The summed E-state index contributed by atoms with van der Waals surface area (Å²) >= 11 is 0. The third kappa shape index (κ3) is 2.18. The van der Waals surface area contributed by atoms with Gasteiger partial charge in [0, 0.05) is 18.5 Å². The van der Waals surface area contributed by atoms with Crippen LogP contribution in [0.4, 0.5) is 0 Å². The first kappa shape index (κ1) is 14.0. The number of benzene rings is 2. The topological polar surface area (TPSA) is 7.68 Å². The van der Waals surface area contributed by atoms with Crippen molar-refractivity contribution < 1.29 is 4.90 Å². The van der Waals surface area contributed by atoms with Gasteiger partial charge in [0.1, 0.15) is 6.04 Å². The summed E-state index contributed by atoms with van der Waals surface area (Å²) in [6.07, 6.45) is 2.38. The molecule has 0 bridgehead atoms. The standard InChI is InChI=1S/C20H24N2/c1-21-13-11-15-7-3-5-9-17(15)19(21)20-18-10-6-4-8-16(18)12-14-22(20)2/h3-10,19-20H,11-14H2,1-2H3/p+1/t19-,20-/m1/s1. The van der Waals surface area contributed by atoms with Crippen molar-refractivity contribution in [1.82, 2.24) is 4.90 Å². The van der Waals surface area contributed by atoms with Crippen molar-refractivity contribution in [2.75, 3.05) is 27.2 Å². The molecule has 2 aliphatic heterocycles. The van der Waals surface area contributed by atoms with Crippen LogP contribution < -0.4 is 4.90 Å². The summed E-state index contributed by atoms with van der Waals surface area (Å²) in [6.45, 7) is 2.39. The number of hydrogen-bond donors (Lipinski definition) is 1. The highest BCUT2D eigenvalue weighted by Gasteiger charge is 2.40. The van der Waals surface area contributed by atoms with E-state index in [0.717, 1.165) is 6.54 Å². The molecular formula is C20H25N2+. The van der Waals surface area contributed by atoms with Crippen molar-refractivity contribution >= 4 is 0 Å². The van der Waals surface area contributed by atoms with Crippen LogP contribution in [0.15, 0.2) is 48.5 Å². The average Bonchev–Trinajstić information content (AvgIpc) is 2.56. The Labute approximate surface area is 133 Å². The van der Waals surface area contributed by atoms with Crippen LogP contribution in [0.1, 0.15) is 34.3 Å². The Kier molecular flexibility index (Phi) is 3.51. The van der Waals surface area contributed by atoms with E-state index in [2.05, 4.69) is 67.5 Å². The lowest BCUT2D eigenvalue weighted by Crippen LogP contribution is -3.11. The number of likely N-dealkylation sites (N-methyl/N-ethyl adjacent to an activating group) is 2. The van der Waals surface area contributed by atoms with Gasteiger partial charge in [-0.25, -0.2) is 0 Å².